The quantitative estimate of drug-likeness (QED) is 0.0102. The first kappa shape index (κ1) is 124. The number of hydrogen-bond acceptors (Lipinski definition) is 38. The molecule has 144 heavy (non-hydrogen) atoms. The largest absolute Gasteiger partial charge is 0.463 e. The average Bonchev–Trinajstić information content (AvgIpc) is 0.755. The maximum Gasteiger partial charge on any atom is 0.337 e. The predicted octanol–water partition coefficient (Wildman–Crippen LogP) is -0.00430. The Balaban J connectivity index is 1.41. The Morgan fingerprint density at radius 3 is 0.944 bits per heavy atom. The highest BCUT2D eigenvalue weighted by molar-refractivity contribution is 5.89. The molecule has 0 aromatic heterocycles. The van der Waals surface area contributed by atoms with Gasteiger partial charge in [0.05, 0.1) is 6.61 Å². The van der Waals surface area contributed by atoms with E-state index < -0.39 is 292 Å². The van der Waals surface area contributed by atoms with Crippen LogP contribution in [0.25, 0.3) is 0 Å². The number of rotatable bonds is 65. The van der Waals surface area contributed by atoms with Gasteiger partial charge in [0.2, 0.25) is 82.4 Å². The predicted molar refractivity (Wildman–Crippen MR) is 482 cm³/mol. The summed E-state index contributed by atoms with van der Waals surface area (Å²) in [5.41, 5.74) is 0. The van der Waals surface area contributed by atoms with Crippen LogP contribution in [-0.2, 0) is 176 Å². The van der Waals surface area contributed by atoms with E-state index in [1.807, 2.05) is 0 Å². The Bertz CT molecular complexity index is 4300. The van der Waals surface area contributed by atoms with Crippen molar-refractivity contribution in [1.29, 1.82) is 0 Å². The van der Waals surface area contributed by atoms with E-state index in [1.165, 1.54) is 25.7 Å². The summed E-state index contributed by atoms with van der Waals surface area (Å²) < 4.78 is 150. The van der Waals surface area contributed by atoms with Gasteiger partial charge in [0, 0.05) is 206 Å². The van der Waals surface area contributed by atoms with Gasteiger partial charge < -0.3 is 139 Å². The van der Waals surface area contributed by atoms with Crippen molar-refractivity contribution in [2.24, 2.45) is 0 Å². The molecule has 11 amide bonds. The molecule has 1 aromatic rings. The van der Waals surface area contributed by atoms with E-state index >= 15 is 0 Å². The molecule has 0 bridgehead atoms. The highest BCUT2D eigenvalue weighted by Gasteiger charge is 2.55. The van der Waals surface area contributed by atoms with Gasteiger partial charge in [-0.05, 0) is 83.5 Å². The molecule has 3 fully saturated rings. The zero-order valence-corrected chi connectivity index (χ0v) is 82.7. The van der Waals surface area contributed by atoms with Crippen molar-refractivity contribution in [3.05, 3.63) is 29.3 Å². The Labute approximate surface area is 828 Å². The molecule has 3 saturated heterocycles. The van der Waals surface area contributed by atoms with E-state index in [4.69, 9.17) is 75.8 Å². The van der Waals surface area contributed by atoms with Crippen molar-refractivity contribution in [3.8, 4) is 5.75 Å². The zero-order valence-electron chi connectivity index (χ0n) is 82.7. The van der Waals surface area contributed by atoms with Crippen LogP contribution in [-0.4, -0.2) is 333 Å². The molecule has 4 rings (SSSR count). The van der Waals surface area contributed by atoms with Gasteiger partial charge in [0.25, 0.3) is 0 Å². The van der Waals surface area contributed by atoms with Crippen LogP contribution in [0, 0.1) is 23.3 Å². The summed E-state index contributed by atoms with van der Waals surface area (Å²) in [6.45, 7) is 9.69. The summed E-state index contributed by atoms with van der Waals surface area (Å²) in [6.07, 6.45) is -13.6. The number of hydrogen-bond donors (Lipinski definition) is 10. The fraction of sp³-hybridized carbons (Fsp3) is 0.703. The molecule has 53 heteroatoms. The molecule has 0 radical (unpaired) electrons. The van der Waals surface area contributed by atoms with Crippen LogP contribution < -0.4 is 57.9 Å². The third-order valence-corrected chi connectivity index (χ3v) is 21.0. The van der Waals surface area contributed by atoms with Gasteiger partial charge in [-0.25, -0.2) is 13.6 Å². The standard InChI is InChI=1S/C91H135F4N11O38/c1-50(107)102-78-85(138-59(10)116)81(135-56(7)113)65(46-132-53(4)110)141-89(78)129-41-22-16-27-68(119)96-33-19-13-25-71(122)99-36-39-106(40-37-100-72(123)26-14-20-34-97-69(120)28-17-23-42-130-90-79(103-51(2)108)86(139-60(11)117)82(136-57(8)114)66(142-90)47-133-54(5)111)74(125)32-31-64(88(127)101-38-44-128-49-75(126)144-84-76(94)62(92)45-63(93)77(84)95)105-73(124)30-15-21-35-98-70(121)29-18-24-43-131-91-80(104-52(3)109)87(140-61(12)118)83(137-58(9)115)67(143-91)48-134-55(6)112/h45,64-67,78-83,85-87,89-91H,13-44,46-49H2,1-12H3,(H,96,119)(H,97,120)(H,98,121)(H,99,122)(H,100,123)(H,101,127)(H,102,107)(H,103,108)(H,104,109)(H,105,124)/t64-,65?,66?,67?,78?,79?,80?,81?,82?,83?,85?,86?,87?,89?,90?,91?/m0/s1. The summed E-state index contributed by atoms with van der Waals surface area (Å²) in [5.74, 6) is -23.8. The van der Waals surface area contributed by atoms with Crippen molar-refractivity contribution in [3.63, 3.8) is 0 Å². The second kappa shape index (κ2) is 67.2. The minimum absolute atomic E-state index is 0.0205. The molecule has 0 aliphatic carbocycles. The van der Waals surface area contributed by atoms with Crippen LogP contribution >= 0.6 is 0 Å². The molecule has 3 aliphatic rings. The number of benzene rings is 1. The van der Waals surface area contributed by atoms with Gasteiger partial charge in [-0.3, -0.25) is 95.9 Å². The van der Waals surface area contributed by atoms with Crippen molar-refractivity contribution < 1.29 is 199 Å². The fourth-order valence-electron chi connectivity index (χ4n) is 14.7. The van der Waals surface area contributed by atoms with Crippen LogP contribution in [0.3, 0.4) is 0 Å². The van der Waals surface area contributed by atoms with Crippen LogP contribution in [0.15, 0.2) is 6.07 Å². The van der Waals surface area contributed by atoms with Gasteiger partial charge in [0.15, 0.2) is 67.1 Å². The lowest BCUT2D eigenvalue weighted by Crippen LogP contribution is -2.66. The SMILES string of the molecule is CC(=O)NC1C(OCCCCC(=O)NCCCCC(=O)NCCN(CCNC(=O)CCCCNC(=O)CCCCOC2OC(COC(C)=O)C(OC(C)=O)C(OC(C)=O)C2NC(C)=O)C(=O)CC[C@H](NC(=O)CCCCNC(=O)CCCCOC2OC(COC(C)=O)C(OC(C)=O)C(OC(C)=O)C2NC(C)=O)C(=O)NCCOCC(=O)Oc2c(F)c(F)cc(F)c2F)OC(COC(C)=O)C(OC(C)=O)C1OC(C)=O. The molecular weight excluding hydrogens is 1930 g/mol. The second-order valence-corrected chi connectivity index (χ2v) is 33.4. The number of carbonyl (C=O) groups is 21. The topological polar surface area (TPSA) is 639 Å². The normalized spacial score (nSPS) is 20.6. The lowest BCUT2D eigenvalue weighted by Gasteiger charge is -2.44. The summed E-state index contributed by atoms with van der Waals surface area (Å²) in [7, 11) is 0. The number of unbranched alkanes of at least 4 members (excludes halogenated alkanes) is 6. The van der Waals surface area contributed by atoms with E-state index in [1.54, 1.807) is 0 Å². The van der Waals surface area contributed by atoms with Gasteiger partial charge in [-0.15, -0.1) is 0 Å². The number of ether oxygens (including phenoxy) is 17. The third-order valence-electron chi connectivity index (χ3n) is 21.0. The first-order chi connectivity index (χ1) is 68.2. The van der Waals surface area contributed by atoms with Crippen molar-refractivity contribution >= 4 is 125 Å². The minimum atomic E-state index is -2.01. The number of nitrogens with zero attached hydrogens (tertiary/aromatic N) is 1. The minimum Gasteiger partial charge on any atom is -0.463 e. The van der Waals surface area contributed by atoms with E-state index in [9.17, 15) is 118 Å². The average molecular weight is 2070 g/mol. The van der Waals surface area contributed by atoms with Gasteiger partial charge >= 0.3 is 59.7 Å². The highest BCUT2D eigenvalue weighted by atomic mass is 19.2. The lowest BCUT2D eigenvalue weighted by molar-refractivity contribution is -0.277. The molecule has 49 nitrogen and oxygen atoms in total. The van der Waals surface area contributed by atoms with Crippen LogP contribution in [0.4, 0.5) is 17.6 Å². The van der Waals surface area contributed by atoms with Crippen molar-refractivity contribution in [1.82, 2.24) is 58.1 Å². The summed E-state index contributed by atoms with van der Waals surface area (Å²) in [4.78, 5) is 267. The molecule has 0 spiro atoms. The first-order valence-electron chi connectivity index (χ1n) is 47.1. The molecule has 10 N–H and O–H groups in total. The highest BCUT2D eigenvalue weighted by Crippen LogP contribution is 2.33. The molecule has 810 valence electrons. The van der Waals surface area contributed by atoms with E-state index in [0.717, 1.165) is 62.3 Å². The van der Waals surface area contributed by atoms with E-state index in [2.05, 4.69) is 57.9 Å². The Hall–Kier alpha value is -12.5. The first-order valence-corrected chi connectivity index (χ1v) is 47.1. The maximum absolute atomic E-state index is 14.4. The van der Waals surface area contributed by atoms with E-state index in [-0.39, 0.29) is 186 Å². The summed E-state index contributed by atoms with van der Waals surface area (Å²) in [5, 5.41) is 26.6. The smallest absolute Gasteiger partial charge is 0.337 e. The molecular formula is C91H135F4N11O38. The zero-order chi connectivity index (χ0) is 107. The lowest BCUT2D eigenvalue weighted by atomic mass is 9.96. The number of carbonyl (C=O) groups excluding carboxylic acids is 21. The van der Waals surface area contributed by atoms with Gasteiger partial charge in [-0.1, -0.05) is 0 Å². The molecule has 16 atom stereocenters. The second-order valence-electron chi connectivity index (χ2n) is 33.4. The number of halogens is 4. The Morgan fingerprint density at radius 1 is 0.340 bits per heavy atom. The number of amides is 11. The Kier molecular flexibility index (Phi) is 57.8. The molecule has 0 saturated carbocycles. The number of esters is 10. The van der Waals surface area contributed by atoms with Crippen molar-refractivity contribution in [2.45, 2.75) is 309 Å². The monoisotopic (exact) mass is 2070 g/mol. The molecule has 15 unspecified atom stereocenters. The summed E-state index contributed by atoms with van der Waals surface area (Å²) in [6, 6.07) is -5.23. The molecule has 1 aromatic carbocycles. The van der Waals surface area contributed by atoms with Crippen LogP contribution in [0.5, 0.6) is 5.75 Å². The van der Waals surface area contributed by atoms with Gasteiger partial charge in [0.1, 0.15) is 68.9 Å². The Morgan fingerprint density at radius 2 is 0.639 bits per heavy atom. The van der Waals surface area contributed by atoms with Crippen LogP contribution in [0.1, 0.15) is 212 Å². The number of nitrogens with one attached hydrogen (secondary N) is 10. The fourth-order valence-corrected chi connectivity index (χ4v) is 14.7. The van der Waals surface area contributed by atoms with Crippen LogP contribution in [0.2, 0.25) is 0 Å². The van der Waals surface area contributed by atoms with Gasteiger partial charge in [-0.2, -0.15) is 8.78 Å². The molecule has 3 aliphatic heterocycles. The van der Waals surface area contributed by atoms with Crippen molar-refractivity contribution in [2.75, 3.05) is 105 Å². The third kappa shape index (κ3) is 49.7. The maximum atomic E-state index is 14.4. The van der Waals surface area contributed by atoms with E-state index in [0.29, 0.717) is 12.8 Å². The molecule has 3 heterocycles. The summed E-state index contributed by atoms with van der Waals surface area (Å²) >= 11 is 0.